The molecule has 0 saturated carbocycles. The third-order valence-electron chi connectivity index (χ3n) is 4.77. The summed E-state index contributed by atoms with van der Waals surface area (Å²) in [7, 11) is 1.44. The number of para-hydroxylation sites is 1. The predicted molar refractivity (Wildman–Crippen MR) is 124 cm³/mol. The van der Waals surface area contributed by atoms with E-state index in [1.54, 1.807) is 42.5 Å². The van der Waals surface area contributed by atoms with Gasteiger partial charge in [-0.15, -0.1) is 0 Å². The molecule has 10 heteroatoms. The zero-order chi connectivity index (χ0) is 23.8. The molecule has 0 bridgehead atoms. The fraction of sp³-hybridized carbons (Fsp3) is 0.261. The van der Waals surface area contributed by atoms with E-state index in [9.17, 15) is 19.5 Å². The van der Waals surface area contributed by atoms with Crippen LogP contribution in [0.25, 0.3) is 6.08 Å². The monoisotopic (exact) mass is 472 g/mol. The highest BCUT2D eigenvalue weighted by atomic mass is 32.2. The van der Waals surface area contributed by atoms with E-state index in [2.05, 4.69) is 10.6 Å². The van der Waals surface area contributed by atoms with Crippen molar-refractivity contribution < 1.29 is 33.7 Å². The molecule has 2 amide bonds. The molecule has 3 rings (SSSR count). The average Bonchev–Trinajstić information content (AvgIpc) is 3.28. The van der Waals surface area contributed by atoms with Gasteiger partial charge in [0.15, 0.2) is 11.5 Å². The van der Waals surface area contributed by atoms with E-state index in [0.29, 0.717) is 28.6 Å². The summed E-state index contributed by atoms with van der Waals surface area (Å²) in [6.07, 6.45) is 3.53. The van der Waals surface area contributed by atoms with Crippen molar-refractivity contribution in [1.29, 1.82) is 0 Å². The number of thioether (sulfide) groups is 1. The fourth-order valence-corrected chi connectivity index (χ4v) is 3.55. The van der Waals surface area contributed by atoms with Crippen LogP contribution in [-0.2, 0) is 9.59 Å². The third kappa shape index (κ3) is 6.19. The summed E-state index contributed by atoms with van der Waals surface area (Å²) in [5, 5.41) is 14.5. The molecule has 1 heterocycles. The number of benzene rings is 2. The Morgan fingerprint density at radius 2 is 1.94 bits per heavy atom. The smallest absolute Gasteiger partial charge is 0.326 e. The summed E-state index contributed by atoms with van der Waals surface area (Å²) < 4.78 is 15.9. The number of hydrogen-bond donors (Lipinski definition) is 3. The lowest BCUT2D eigenvalue weighted by Crippen LogP contribution is -2.44. The SMILES string of the molecule is COc1ccccc1C(=O)N/C(=C/c1ccc2c(c1)OCO2)C(=O)N[C@H](CCSC)C(=O)O. The first-order valence-electron chi connectivity index (χ1n) is 10.0. The molecule has 0 unspecified atom stereocenters. The van der Waals surface area contributed by atoms with Gasteiger partial charge in [-0.2, -0.15) is 11.8 Å². The maximum absolute atomic E-state index is 13.0. The van der Waals surface area contributed by atoms with Crippen LogP contribution < -0.4 is 24.8 Å². The van der Waals surface area contributed by atoms with Crippen LogP contribution in [0, 0.1) is 0 Å². The standard InChI is InChI=1S/C23H24N2O7S/c1-30-18-6-4-3-5-15(18)21(26)25-17(22(27)24-16(23(28)29)9-10-33-2)11-14-7-8-19-20(12-14)32-13-31-19/h3-8,11-12,16H,9-10,13H2,1-2H3,(H,24,27)(H,25,26)(H,28,29)/b17-11+/t16-/m1/s1. The lowest BCUT2D eigenvalue weighted by atomic mass is 10.1. The van der Waals surface area contributed by atoms with Crippen molar-refractivity contribution in [2.75, 3.05) is 25.9 Å². The molecule has 0 fully saturated rings. The molecule has 0 saturated heterocycles. The van der Waals surface area contributed by atoms with E-state index in [4.69, 9.17) is 14.2 Å². The number of rotatable bonds is 10. The Morgan fingerprint density at radius 1 is 1.18 bits per heavy atom. The Labute approximate surface area is 195 Å². The molecule has 1 aliphatic heterocycles. The highest BCUT2D eigenvalue weighted by molar-refractivity contribution is 7.98. The van der Waals surface area contributed by atoms with E-state index < -0.39 is 23.8 Å². The summed E-state index contributed by atoms with van der Waals surface area (Å²) in [4.78, 5) is 37.6. The van der Waals surface area contributed by atoms with Crippen LogP contribution in [0.3, 0.4) is 0 Å². The number of aliphatic carboxylic acids is 1. The largest absolute Gasteiger partial charge is 0.496 e. The number of carbonyl (C=O) groups is 3. The Morgan fingerprint density at radius 3 is 2.67 bits per heavy atom. The molecule has 2 aromatic carbocycles. The highest BCUT2D eigenvalue weighted by Crippen LogP contribution is 2.33. The maximum atomic E-state index is 13.0. The minimum atomic E-state index is -1.16. The van der Waals surface area contributed by atoms with Crippen molar-refractivity contribution in [3.8, 4) is 17.2 Å². The highest BCUT2D eigenvalue weighted by Gasteiger charge is 2.24. The van der Waals surface area contributed by atoms with Gasteiger partial charge in [0.25, 0.3) is 11.8 Å². The number of nitrogens with one attached hydrogen (secondary N) is 2. The Hall–Kier alpha value is -3.66. The van der Waals surface area contributed by atoms with Crippen LogP contribution in [0.4, 0.5) is 0 Å². The van der Waals surface area contributed by atoms with Crippen LogP contribution in [0.1, 0.15) is 22.3 Å². The molecular weight excluding hydrogens is 448 g/mol. The minimum absolute atomic E-state index is 0.0934. The van der Waals surface area contributed by atoms with Crippen LogP contribution >= 0.6 is 11.8 Å². The van der Waals surface area contributed by atoms with Crippen LogP contribution in [0.15, 0.2) is 48.2 Å². The maximum Gasteiger partial charge on any atom is 0.326 e. The van der Waals surface area contributed by atoms with Gasteiger partial charge in [0.2, 0.25) is 6.79 Å². The summed E-state index contributed by atoms with van der Waals surface area (Å²) in [5.41, 5.74) is 0.655. The first-order valence-corrected chi connectivity index (χ1v) is 11.4. The van der Waals surface area contributed by atoms with Gasteiger partial charge in [-0.25, -0.2) is 4.79 Å². The molecule has 1 aliphatic rings. The Bertz CT molecular complexity index is 1070. The first-order chi connectivity index (χ1) is 15.9. The van der Waals surface area contributed by atoms with Crippen molar-refractivity contribution in [3.63, 3.8) is 0 Å². The van der Waals surface area contributed by atoms with Crippen LogP contribution in [0.2, 0.25) is 0 Å². The summed E-state index contributed by atoms with van der Waals surface area (Å²) >= 11 is 1.47. The second kappa shape index (κ2) is 11.3. The predicted octanol–water partition coefficient (Wildman–Crippen LogP) is 2.52. The zero-order valence-electron chi connectivity index (χ0n) is 18.1. The fourth-order valence-electron chi connectivity index (χ4n) is 3.08. The number of hydrogen-bond acceptors (Lipinski definition) is 7. The van der Waals surface area contributed by atoms with Crippen molar-refractivity contribution >= 4 is 35.6 Å². The summed E-state index contributed by atoms with van der Waals surface area (Å²) in [6, 6.07) is 10.5. The number of ether oxygens (including phenoxy) is 3. The molecule has 9 nitrogen and oxygen atoms in total. The van der Waals surface area contributed by atoms with Crippen molar-refractivity contribution in [2.45, 2.75) is 12.5 Å². The first kappa shape index (κ1) is 24.0. The number of carboxylic acids is 1. The topological polar surface area (TPSA) is 123 Å². The molecule has 3 N–H and O–H groups in total. The lowest BCUT2D eigenvalue weighted by Gasteiger charge is -2.17. The molecule has 0 aliphatic carbocycles. The van der Waals surface area contributed by atoms with E-state index in [1.165, 1.54) is 24.9 Å². The molecule has 1 atom stereocenters. The lowest BCUT2D eigenvalue weighted by molar-refractivity contribution is -0.141. The van der Waals surface area contributed by atoms with Crippen LogP contribution in [-0.4, -0.2) is 54.8 Å². The molecule has 0 aromatic heterocycles. The number of fused-ring (bicyclic) bond motifs is 1. The van der Waals surface area contributed by atoms with Gasteiger partial charge < -0.3 is 30.0 Å². The Kier molecular flexibility index (Phi) is 8.20. The van der Waals surface area contributed by atoms with Crippen molar-refractivity contribution in [2.24, 2.45) is 0 Å². The minimum Gasteiger partial charge on any atom is -0.496 e. The Balaban J connectivity index is 1.90. The number of carboxylic acid groups (broad SMARTS) is 1. The molecule has 174 valence electrons. The zero-order valence-corrected chi connectivity index (χ0v) is 18.9. The summed E-state index contributed by atoms with van der Waals surface area (Å²) in [6.45, 7) is 0.0934. The average molecular weight is 473 g/mol. The molecule has 0 spiro atoms. The number of methoxy groups -OCH3 is 1. The van der Waals surface area contributed by atoms with Crippen molar-refractivity contribution in [1.82, 2.24) is 10.6 Å². The van der Waals surface area contributed by atoms with Gasteiger partial charge >= 0.3 is 5.97 Å². The molecule has 2 aromatic rings. The van der Waals surface area contributed by atoms with Gasteiger partial charge in [0.1, 0.15) is 17.5 Å². The van der Waals surface area contributed by atoms with Crippen LogP contribution in [0.5, 0.6) is 17.2 Å². The van der Waals surface area contributed by atoms with Gasteiger partial charge in [-0.05, 0) is 54.3 Å². The van der Waals surface area contributed by atoms with E-state index in [0.717, 1.165) is 0 Å². The third-order valence-corrected chi connectivity index (χ3v) is 5.41. The normalized spacial score (nSPS) is 13.2. The van der Waals surface area contributed by atoms with Gasteiger partial charge in [-0.3, -0.25) is 9.59 Å². The second-order valence-electron chi connectivity index (χ2n) is 6.97. The van der Waals surface area contributed by atoms with Gasteiger partial charge in [0, 0.05) is 0 Å². The number of carbonyl (C=O) groups excluding carboxylic acids is 2. The van der Waals surface area contributed by atoms with Gasteiger partial charge in [-0.1, -0.05) is 18.2 Å². The van der Waals surface area contributed by atoms with Crippen molar-refractivity contribution in [3.05, 3.63) is 59.3 Å². The second-order valence-corrected chi connectivity index (χ2v) is 7.96. The van der Waals surface area contributed by atoms with Gasteiger partial charge in [0.05, 0.1) is 12.7 Å². The molecular formula is C23H24N2O7S. The van der Waals surface area contributed by atoms with E-state index in [-0.39, 0.29) is 24.5 Å². The van der Waals surface area contributed by atoms with E-state index in [1.807, 2.05) is 6.26 Å². The molecule has 0 radical (unpaired) electrons. The summed E-state index contributed by atoms with van der Waals surface area (Å²) in [5.74, 6) is -0.513. The molecule has 33 heavy (non-hydrogen) atoms. The number of amides is 2. The quantitative estimate of drug-likeness (QED) is 0.451. The van der Waals surface area contributed by atoms with E-state index >= 15 is 0 Å².